The second-order valence-corrected chi connectivity index (χ2v) is 10.5. The van der Waals surface area contributed by atoms with Gasteiger partial charge < -0.3 is 0 Å². The summed E-state index contributed by atoms with van der Waals surface area (Å²) in [5, 5.41) is 0. The Bertz CT molecular complexity index is 368. The van der Waals surface area contributed by atoms with E-state index < -0.39 is 0 Å². The van der Waals surface area contributed by atoms with Gasteiger partial charge in [0.2, 0.25) is 0 Å². The molecule has 180 valence electrons. The van der Waals surface area contributed by atoms with Gasteiger partial charge in [0.15, 0.2) is 0 Å². The molecule has 0 spiro atoms. The van der Waals surface area contributed by atoms with E-state index in [-0.39, 0.29) is 0 Å². The van der Waals surface area contributed by atoms with Crippen LogP contribution >= 0.6 is 0 Å². The van der Waals surface area contributed by atoms with Crippen LogP contribution in [-0.4, -0.2) is 0 Å². The van der Waals surface area contributed by atoms with Crippen LogP contribution in [0.25, 0.3) is 0 Å². The minimum Gasteiger partial charge on any atom is -0.0993 e. The van der Waals surface area contributed by atoms with Crippen LogP contribution in [0.4, 0.5) is 0 Å². The quantitative estimate of drug-likeness (QED) is 0.114. The number of rotatable bonds is 23. The van der Waals surface area contributed by atoms with E-state index in [0.717, 1.165) is 5.92 Å². The second-order valence-electron chi connectivity index (χ2n) is 10.5. The molecule has 0 nitrogen and oxygen atoms in total. The summed E-state index contributed by atoms with van der Waals surface area (Å²) >= 11 is 0. The fourth-order valence-corrected chi connectivity index (χ4v) is 5.00. The maximum Gasteiger partial charge on any atom is -0.00935 e. The summed E-state index contributed by atoms with van der Waals surface area (Å²) in [7, 11) is 0. The molecule has 0 heterocycles. The van der Waals surface area contributed by atoms with Gasteiger partial charge in [0.25, 0.3) is 0 Å². The highest BCUT2D eigenvalue weighted by Crippen LogP contribution is 2.44. The van der Waals surface area contributed by atoms with Gasteiger partial charge >= 0.3 is 0 Å². The highest BCUT2D eigenvalue weighted by atomic mass is 14.4. The Balaban J connectivity index is 4.51. The summed E-state index contributed by atoms with van der Waals surface area (Å²) in [6.45, 7) is 16.7. The monoisotopic (exact) mass is 420 g/mol. The molecule has 0 fully saturated rings. The molecule has 0 aliphatic rings. The fourth-order valence-electron chi connectivity index (χ4n) is 5.00. The number of hydrogen-bond acceptors (Lipinski definition) is 0. The van der Waals surface area contributed by atoms with Gasteiger partial charge in [-0.1, -0.05) is 156 Å². The Kier molecular flexibility index (Phi) is 20.5. The SMILES string of the molecule is C=C(CCCCCCCC)C(C)(CCCCCCCC)C(C)CCCCCCCC. The van der Waals surface area contributed by atoms with Gasteiger partial charge in [0.05, 0.1) is 0 Å². The minimum absolute atomic E-state index is 0.359. The zero-order valence-electron chi connectivity index (χ0n) is 22.1. The smallest absolute Gasteiger partial charge is 0.00935 e. The van der Waals surface area contributed by atoms with Crippen LogP contribution in [0.3, 0.4) is 0 Å². The molecular weight excluding hydrogens is 360 g/mol. The molecule has 2 atom stereocenters. The molecule has 0 radical (unpaired) electrons. The Morgan fingerprint density at radius 1 is 0.600 bits per heavy atom. The maximum absolute atomic E-state index is 4.68. The standard InChI is InChI=1S/C30H60/c1-7-10-13-16-19-22-25-28(4)30(6,27-24-21-18-15-12-9-3)29(5)26-23-20-17-14-11-8-2/h29H,4,7-27H2,1-3,5-6H3. The van der Waals surface area contributed by atoms with Crippen molar-refractivity contribution in [1.82, 2.24) is 0 Å². The second kappa shape index (κ2) is 20.6. The van der Waals surface area contributed by atoms with Gasteiger partial charge in [-0.15, -0.1) is 0 Å². The number of unbranched alkanes of at least 4 members (excludes halogenated alkanes) is 15. The summed E-state index contributed by atoms with van der Waals surface area (Å²) < 4.78 is 0. The van der Waals surface area contributed by atoms with Gasteiger partial charge in [0, 0.05) is 0 Å². The van der Waals surface area contributed by atoms with Crippen molar-refractivity contribution < 1.29 is 0 Å². The molecule has 0 saturated heterocycles. The molecular formula is C30H60. The lowest BCUT2D eigenvalue weighted by molar-refractivity contribution is 0.205. The van der Waals surface area contributed by atoms with Crippen LogP contribution in [0.1, 0.15) is 169 Å². The first-order valence-electron chi connectivity index (χ1n) is 14.2. The van der Waals surface area contributed by atoms with Crippen LogP contribution in [0.5, 0.6) is 0 Å². The van der Waals surface area contributed by atoms with Crippen molar-refractivity contribution in [1.29, 1.82) is 0 Å². The van der Waals surface area contributed by atoms with Gasteiger partial charge in [-0.3, -0.25) is 0 Å². The average molecular weight is 421 g/mol. The highest BCUT2D eigenvalue weighted by molar-refractivity contribution is 5.10. The van der Waals surface area contributed by atoms with Crippen molar-refractivity contribution >= 4 is 0 Å². The lowest BCUT2D eigenvalue weighted by atomic mass is 9.66. The molecule has 0 N–H and O–H groups in total. The third kappa shape index (κ3) is 14.7. The topological polar surface area (TPSA) is 0 Å². The Morgan fingerprint density at radius 2 is 1.00 bits per heavy atom. The molecule has 0 aliphatic carbocycles. The van der Waals surface area contributed by atoms with E-state index in [2.05, 4.69) is 41.2 Å². The van der Waals surface area contributed by atoms with E-state index in [1.165, 1.54) is 135 Å². The molecule has 0 saturated carbocycles. The van der Waals surface area contributed by atoms with Gasteiger partial charge in [-0.25, -0.2) is 0 Å². The van der Waals surface area contributed by atoms with Crippen LogP contribution in [0.2, 0.25) is 0 Å². The van der Waals surface area contributed by atoms with E-state index in [4.69, 9.17) is 0 Å². The van der Waals surface area contributed by atoms with E-state index in [1.54, 1.807) is 5.57 Å². The van der Waals surface area contributed by atoms with Crippen LogP contribution in [0, 0.1) is 11.3 Å². The van der Waals surface area contributed by atoms with Crippen molar-refractivity contribution in [3.8, 4) is 0 Å². The number of allylic oxidation sites excluding steroid dienone is 1. The first-order chi connectivity index (χ1) is 14.5. The van der Waals surface area contributed by atoms with Gasteiger partial charge in [0.1, 0.15) is 0 Å². The predicted octanol–water partition coefficient (Wildman–Crippen LogP) is 11.4. The summed E-state index contributed by atoms with van der Waals surface area (Å²) in [5.41, 5.74) is 1.93. The summed E-state index contributed by atoms with van der Waals surface area (Å²) in [6, 6.07) is 0. The Hall–Kier alpha value is -0.260. The van der Waals surface area contributed by atoms with E-state index in [9.17, 15) is 0 Å². The van der Waals surface area contributed by atoms with E-state index in [0.29, 0.717) is 5.41 Å². The van der Waals surface area contributed by atoms with Crippen molar-refractivity contribution in [2.45, 2.75) is 169 Å². The van der Waals surface area contributed by atoms with Crippen LogP contribution in [0.15, 0.2) is 12.2 Å². The highest BCUT2D eigenvalue weighted by Gasteiger charge is 2.32. The Morgan fingerprint density at radius 3 is 1.50 bits per heavy atom. The molecule has 2 unspecified atom stereocenters. The Labute approximate surface area is 193 Å². The first-order valence-corrected chi connectivity index (χ1v) is 14.2. The third-order valence-electron chi connectivity index (χ3n) is 7.77. The third-order valence-corrected chi connectivity index (χ3v) is 7.77. The van der Waals surface area contributed by atoms with E-state index >= 15 is 0 Å². The molecule has 0 heteroatoms. The largest absolute Gasteiger partial charge is 0.0993 e. The summed E-state index contributed by atoms with van der Waals surface area (Å²) in [6.07, 6.45) is 29.3. The summed E-state index contributed by atoms with van der Waals surface area (Å²) in [5.74, 6) is 0.784. The van der Waals surface area contributed by atoms with Crippen molar-refractivity contribution in [2.24, 2.45) is 11.3 Å². The van der Waals surface area contributed by atoms with Crippen LogP contribution < -0.4 is 0 Å². The molecule has 0 aromatic heterocycles. The van der Waals surface area contributed by atoms with Crippen LogP contribution in [-0.2, 0) is 0 Å². The fraction of sp³-hybridized carbons (Fsp3) is 0.933. The molecule has 0 amide bonds. The molecule has 0 aromatic carbocycles. The number of hydrogen-bond donors (Lipinski definition) is 0. The predicted molar refractivity (Wildman–Crippen MR) is 140 cm³/mol. The molecule has 0 rings (SSSR count). The average Bonchev–Trinajstić information content (AvgIpc) is 2.74. The minimum atomic E-state index is 0.359. The molecule has 0 bridgehead atoms. The van der Waals surface area contributed by atoms with E-state index in [1.807, 2.05) is 0 Å². The maximum atomic E-state index is 4.68. The zero-order valence-corrected chi connectivity index (χ0v) is 22.1. The lowest BCUT2D eigenvalue weighted by Gasteiger charge is -2.39. The molecule has 0 aliphatic heterocycles. The first kappa shape index (κ1) is 29.7. The van der Waals surface area contributed by atoms with Gasteiger partial charge in [-0.05, 0) is 37.0 Å². The molecule has 0 aromatic rings. The van der Waals surface area contributed by atoms with Crippen molar-refractivity contribution in [3.05, 3.63) is 12.2 Å². The normalized spacial score (nSPS) is 14.6. The van der Waals surface area contributed by atoms with Gasteiger partial charge in [-0.2, -0.15) is 0 Å². The lowest BCUT2D eigenvalue weighted by Crippen LogP contribution is -2.28. The zero-order chi connectivity index (χ0) is 22.5. The summed E-state index contributed by atoms with van der Waals surface area (Å²) in [4.78, 5) is 0. The van der Waals surface area contributed by atoms with Crippen molar-refractivity contribution in [2.75, 3.05) is 0 Å². The van der Waals surface area contributed by atoms with Crippen molar-refractivity contribution in [3.63, 3.8) is 0 Å². The molecule has 30 heavy (non-hydrogen) atoms.